The molecule has 1 unspecified atom stereocenters. The van der Waals surface area contributed by atoms with Gasteiger partial charge in [0.15, 0.2) is 0 Å². The Hall–Kier alpha value is -1.44. The Balaban J connectivity index is 1.84. The molecule has 0 amide bonds. The second-order valence-electron chi connectivity index (χ2n) is 6.16. The van der Waals surface area contributed by atoms with Gasteiger partial charge in [-0.05, 0) is 49.1 Å². The number of sulfonamides is 1. The highest BCUT2D eigenvalue weighted by molar-refractivity contribution is 7.89. The summed E-state index contributed by atoms with van der Waals surface area (Å²) in [6, 6.07) is 14.4. The summed E-state index contributed by atoms with van der Waals surface area (Å²) in [4.78, 5) is 0.825. The fourth-order valence-electron chi connectivity index (χ4n) is 2.51. The molecule has 0 saturated heterocycles. The van der Waals surface area contributed by atoms with Gasteiger partial charge >= 0.3 is 0 Å². The Kier molecular flexibility index (Phi) is 4.92. The van der Waals surface area contributed by atoms with Gasteiger partial charge in [-0.25, -0.2) is 13.1 Å². The molecule has 1 atom stereocenters. The molecule has 0 saturated carbocycles. The van der Waals surface area contributed by atoms with Crippen molar-refractivity contribution >= 4 is 43.0 Å². The maximum atomic E-state index is 12.6. The second-order valence-corrected chi connectivity index (χ2v) is 9.41. The molecule has 1 aromatic heterocycles. The van der Waals surface area contributed by atoms with Crippen LogP contribution in [0.3, 0.4) is 0 Å². The zero-order chi connectivity index (χ0) is 18.2. The summed E-state index contributed by atoms with van der Waals surface area (Å²) in [5.74, 6) is 0. The standard InChI is InChI=1S/C18H18ClNO3S2/c1-12-7-8-14(19)10-16(12)25(22,23)20-11-18(2,21)17-9-13-5-3-4-6-15(13)24-17/h3-10,20-21H,11H2,1-2H3. The van der Waals surface area contributed by atoms with Gasteiger partial charge in [-0.2, -0.15) is 0 Å². The summed E-state index contributed by atoms with van der Waals surface area (Å²) in [5.41, 5.74) is -0.720. The van der Waals surface area contributed by atoms with Crippen molar-refractivity contribution in [2.24, 2.45) is 0 Å². The maximum Gasteiger partial charge on any atom is 0.240 e. The molecule has 0 radical (unpaired) electrons. The fourth-order valence-corrected chi connectivity index (χ4v) is 5.25. The monoisotopic (exact) mass is 395 g/mol. The molecule has 25 heavy (non-hydrogen) atoms. The second kappa shape index (κ2) is 6.70. The van der Waals surface area contributed by atoms with Crippen LogP contribution in [-0.2, 0) is 15.6 Å². The largest absolute Gasteiger partial charge is 0.383 e. The van der Waals surface area contributed by atoms with E-state index in [0.717, 1.165) is 10.1 Å². The summed E-state index contributed by atoms with van der Waals surface area (Å²) in [6.45, 7) is 3.17. The topological polar surface area (TPSA) is 66.4 Å². The minimum atomic E-state index is -3.77. The van der Waals surface area contributed by atoms with Crippen molar-refractivity contribution in [3.05, 3.63) is 64.0 Å². The normalized spacial score (nSPS) is 14.6. The van der Waals surface area contributed by atoms with E-state index in [2.05, 4.69) is 4.72 Å². The lowest BCUT2D eigenvalue weighted by Crippen LogP contribution is -2.38. The van der Waals surface area contributed by atoms with Crippen LogP contribution in [-0.4, -0.2) is 20.1 Å². The molecule has 3 rings (SSSR count). The maximum absolute atomic E-state index is 12.6. The molecule has 7 heteroatoms. The number of benzene rings is 2. The van der Waals surface area contributed by atoms with Gasteiger partial charge in [-0.1, -0.05) is 35.9 Å². The van der Waals surface area contributed by atoms with E-state index in [4.69, 9.17) is 11.6 Å². The summed E-state index contributed by atoms with van der Waals surface area (Å²) >= 11 is 7.36. The SMILES string of the molecule is Cc1ccc(Cl)cc1S(=O)(=O)NCC(C)(O)c1cc2ccccc2s1. The third-order valence-electron chi connectivity index (χ3n) is 4.00. The van der Waals surface area contributed by atoms with Gasteiger partial charge in [0.1, 0.15) is 5.60 Å². The molecule has 132 valence electrons. The third-order valence-corrected chi connectivity index (χ3v) is 7.15. The fraction of sp³-hybridized carbons (Fsp3) is 0.222. The van der Waals surface area contributed by atoms with Gasteiger partial charge in [0.25, 0.3) is 0 Å². The number of hydrogen-bond acceptors (Lipinski definition) is 4. The summed E-state index contributed by atoms with van der Waals surface area (Å²) in [5, 5.41) is 12.2. The van der Waals surface area contributed by atoms with Crippen LogP contribution in [0.1, 0.15) is 17.4 Å². The van der Waals surface area contributed by atoms with Crippen molar-refractivity contribution in [2.45, 2.75) is 24.3 Å². The Morgan fingerprint density at radius 2 is 1.92 bits per heavy atom. The third kappa shape index (κ3) is 3.88. The van der Waals surface area contributed by atoms with E-state index in [-0.39, 0.29) is 11.4 Å². The Bertz CT molecular complexity index is 993. The van der Waals surface area contributed by atoms with E-state index in [0.29, 0.717) is 15.5 Å². The first-order chi connectivity index (χ1) is 11.7. The van der Waals surface area contributed by atoms with Crippen LogP contribution in [0.2, 0.25) is 5.02 Å². The molecule has 1 heterocycles. The van der Waals surface area contributed by atoms with Gasteiger partial charge in [0.2, 0.25) is 10.0 Å². The van der Waals surface area contributed by atoms with Crippen molar-refractivity contribution in [1.82, 2.24) is 4.72 Å². The number of hydrogen-bond donors (Lipinski definition) is 2. The minimum Gasteiger partial charge on any atom is -0.383 e. The van der Waals surface area contributed by atoms with Crippen molar-refractivity contribution in [3.63, 3.8) is 0 Å². The number of aliphatic hydroxyl groups is 1. The predicted molar refractivity (Wildman–Crippen MR) is 103 cm³/mol. The molecule has 3 aromatic rings. The molecule has 0 aliphatic heterocycles. The van der Waals surface area contributed by atoms with E-state index in [1.807, 2.05) is 30.3 Å². The summed E-state index contributed by atoms with van der Waals surface area (Å²) in [6.07, 6.45) is 0. The number of nitrogens with one attached hydrogen (secondary N) is 1. The van der Waals surface area contributed by atoms with Crippen LogP contribution in [0.4, 0.5) is 0 Å². The molecule has 2 aromatic carbocycles. The average molecular weight is 396 g/mol. The summed E-state index contributed by atoms with van der Waals surface area (Å²) in [7, 11) is -3.77. The molecule has 0 aliphatic carbocycles. The number of fused-ring (bicyclic) bond motifs is 1. The van der Waals surface area contributed by atoms with E-state index >= 15 is 0 Å². The lowest BCUT2D eigenvalue weighted by Gasteiger charge is -2.22. The van der Waals surface area contributed by atoms with Gasteiger partial charge in [0.05, 0.1) is 4.90 Å². The van der Waals surface area contributed by atoms with Crippen LogP contribution < -0.4 is 4.72 Å². The van der Waals surface area contributed by atoms with E-state index < -0.39 is 15.6 Å². The van der Waals surface area contributed by atoms with Crippen LogP contribution in [0.25, 0.3) is 10.1 Å². The van der Waals surface area contributed by atoms with E-state index in [9.17, 15) is 13.5 Å². The minimum absolute atomic E-state index is 0.118. The van der Waals surface area contributed by atoms with Crippen LogP contribution in [0.15, 0.2) is 53.4 Å². The average Bonchev–Trinajstić information content (AvgIpc) is 3.00. The zero-order valence-corrected chi connectivity index (χ0v) is 16.2. The van der Waals surface area contributed by atoms with Crippen LogP contribution >= 0.6 is 22.9 Å². The van der Waals surface area contributed by atoms with E-state index in [1.165, 1.54) is 17.4 Å². The molecular formula is C18H18ClNO3S2. The molecule has 4 nitrogen and oxygen atoms in total. The first kappa shape index (κ1) is 18.4. The number of thiophene rings is 1. The van der Waals surface area contributed by atoms with Gasteiger partial charge in [0, 0.05) is 21.1 Å². The van der Waals surface area contributed by atoms with Crippen LogP contribution in [0, 0.1) is 6.92 Å². The lowest BCUT2D eigenvalue weighted by atomic mass is 10.1. The van der Waals surface area contributed by atoms with Crippen molar-refractivity contribution in [1.29, 1.82) is 0 Å². The Morgan fingerprint density at radius 1 is 1.20 bits per heavy atom. The van der Waals surface area contributed by atoms with Crippen LogP contribution in [0.5, 0.6) is 0 Å². The van der Waals surface area contributed by atoms with Gasteiger partial charge in [-0.3, -0.25) is 0 Å². The highest BCUT2D eigenvalue weighted by Crippen LogP contribution is 2.33. The molecule has 2 N–H and O–H groups in total. The number of halogens is 1. The molecule has 0 aliphatic rings. The van der Waals surface area contributed by atoms with E-state index in [1.54, 1.807) is 26.0 Å². The molecule has 0 bridgehead atoms. The number of aryl methyl sites for hydroxylation is 1. The molecular weight excluding hydrogens is 378 g/mol. The predicted octanol–water partition coefficient (Wildman–Crippen LogP) is 4.05. The Labute approximate surface area is 156 Å². The van der Waals surface area contributed by atoms with Crippen molar-refractivity contribution in [2.75, 3.05) is 6.54 Å². The number of rotatable bonds is 5. The lowest BCUT2D eigenvalue weighted by molar-refractivity contribution is 0.0666. The highest BCUT2D eigenvalue weighted by atomic mass is 35.5. The van der Waals surface area contributed by atoms with Gasteiger partial charge < -0.3 is 5.11 Å². The van der Waals surface area contributed by atoms with Gasteiger partial charge in [-0.15, -0.1) is 11.3 Å². The molecule has 0 spiro atoms. The smallest absolute Gasteiger partial charge is 0.240 e. The first-order valence-corrected chi connectivity index (χ1v) is 10.3. The summed E-state index contributed by atoms with van der Waals surface area (Å²) < 4.78 is 28.7. The first-order valence-electron chi connectivity index (χ1n) is 7.66. The Morgan fingerprint density at radius 3 is 2.64 bits per heavy atom. The van der Waals surface area contributed by atoms with Crippen molar-refractivity contribution < 1.29 is 13.5 Å². The highest BCUT2D eigenvalue weighted by Gasteiger charge is 2.28. The van der Waals surface area contributed by atoms with Crippen molar-refractivity contribution in [3.8, 4) is 0 Å². The molecule has 0 fully saturated rings. The quantitative estimate of drug-likeness (QED) is 0.684. The zero-order valence-electron chi connectivity index (χ0n) is 13.8.